The Bertz CT molecular complexity index is 776. The molecule has 1 heterocycles. The van der Waals surface area contributed by atoms with Crippen LogP contribution in [0, 0.1) is 31.0 Å². The highest BCUT2D eigenvalue weighted by Gasteiger charge is 2.07. The normalized spacial score (nSPS) is 11.2. The maximum absolute atomic E-state index is 13.8. The molecule has 2 N–H and O–H groups in total. The second-order valence-corrected chi connectivity index (χ2v) is 6.50. The van der Waals surface area contributed by atoms with Crippen molar-refractivity contribution in [1.82, 2.24) is 15.6 Å². The zero-order chi connectivity index (χ0) is 17.5. The Balaban J connectivity index is 2.08. The maximum Gasteiger partial charge on any atom is 0.191 e. The first kappa shape index (κ1) is 17.9. The lowest BCUT2D eigenvalue weighted by molar-refractivity contribution is 0.610. The van der Waals surface area contributed by atoms with Gasteiger partial charge in [0.15, 0.2) is 5.96 Å². The third-order valence-corrected chi connectivity index (χ3v) is 4.42. The van der Waals surface area contributed by atoms with Crippen LogP contribution in [0.3, 0.4) is 0 Å². The molecule has 0 fully saturated rings. The van der Waals surface area contributed by atoms with Crippen molar-refractivity contribution >= 4 is 17.3 Å². The van der Waals surface area contributed by atoms with Crippen molar-refractivity contribution in [3.63, 3.8) is 0 Å². The number of benzene rings is 1. The van der Waals surface area contributed by atoms with Gasteiger partial charge < -0.3 is 10.6 Å². The van der Waals surface area contributed by atoms with Crippen LogP contribution < -0.4 is 10.6 Å². The molecule has 1 aromatic heterocycles. The fraction of sp³-hybridized carbons (Fsp3) is 0.353. The second-order valence-electron chi connectivity index (χ2n) is 5.21. The van der Waals surface area contributed by atoms with Crippen LogP contribution in [0.15, 0.2) is 23.2 Å². The maximum atomic E-state index is 13.8. The van der Waals surface area contributed by atoms with Gasteiger partial charge in [-0.25, -0.2) is 14.4 Å². The molecule has 0 spiro atoms. The lowest BCUT2D eigenvalue weighted by Crippen LogP contribution is -2.36. The van der Waals surface area contributed by atoms with Crippen molar-refractivity contribution in [3.8, 4) is 6.07 Å². The number of nitrogens with zero attached hydrogens (tertiary/aromatic N) is 3. The summed E-state index contributed by atoms with van der Waals surface area (Å²) in [5.41, 5.74) is 1.83. The van der Waals surface area contributed by atoms with E-state index in [2.05, 4.69) is 20.6 Å². The number of thiazole rings is 1. The summed E-state index contributed by atoms with van der Waals surface area (Å²) in [5.74, 6) is 0.243. The van der Waals surface area contributed by atoms with Gasteiger partial charge in [-0.2, -0.15) is 5.26 Å². The molecular weight excluding hydrogens is 325 g/mol. The Labute approximate surface area is 145 Å². The molecule has 0 amide bonds. The average Bonchev–Trinajstić information content (AvgIpc) is 2.89. The third-order valence-electron chi connectivity index (χ3n) is 3.34. The van der Waals surface area contributed by atoms with Crippen LogP contribution in [0.25, 0.3) is 0 Å². The summed E-state index contributed by atoms with van der Waals surface area (Å²) in [6.07, 6.45) is 0. The van der Waals surface area contributed by atoms with E-state index in [4.69, 9.17) is 5.26 Å². The van der Waals surface area contributed by atoms with Crippen LogP contribution in [0.1, 0.15) is 33.6 Å². The number of rotatable bonds is 5. The van der Waals surface area contributed by atoms with Crippen molar-refractivity contribution in [1.29, 1.82) is 5.26 Å². The van der Waals surface area contributed by atoms with Gasteiger partial charge in [-0.05, 0) is 39.0 Å². The summed E-state index contributed by atoms with van der Waals surface area (Å²) in [6, 6.07) is 6.30. The van der Waals surface area contributed by atoms with E-state index in [-0.39, 0.29) is 12.4 Å². The molecule has 126 valence electrons. The second kappa shape index (κ2) is 8.41. The number of nitrogens with one attached hydrogen (secondary N) is 2. The number of halogens is 1. The molecule has 0 saturated carbocycles. The first-order valence-electron chi connectivity index (χ1n) is 7.67. The van der Waals surface area contributed by atoms with Crippen LogP contribution in [-0.4, -0.2) is 17.5 Å². The van der Waals surface area contributed by atoms with Crippen LogP contribution >= 0.6 is 11.3 Å². The summed E-state index contributed by atoms with van der Waals surface area (Å²) in [4.78, 5) is 9.95. The van der Waals surface area contributed by atoms with Crippen molar-refractivity contribution in [2.45, 2.75) is 33.9 Å². The summed E-state index contributed by atoms with van der Waals surface area (Å²) < 4.78 is 13.8. The molecule has 24 heavy (non-hydrogen) atoms. The number of aromatic nitrogens is 1. The summed E-state index contributed by atoms with van der Waals surface area (Å²) in [5, 5.41) is 16.3. The Morgan fingerprint density at radius 1 is 1.38 bits per heavy atom. The standard InChI is InChI=1S/C17H20FN5S/c1-4-20-17(22-10-16-11(2)23-12(3)24-16)21-9-14-7-13(8-19)5-6-15(14)18/h5-7H,4,9-10H2,1-3H3,(H2,20,21,22). The van der Waals surface area contributed by atoms with Gasteiger partial charge in [0, 0.05) is 17.0 Å². The van der Waals surface area contributed by atoms with E-state index in [9.17, 15) is 4.39 Å². The zero-order valence-corrected chi connectivity index (χ0v) is 14.8. The monoisotopic (exact) mass is 345 g/mol. The minimum Gasteiger partial charge on any atom is -0.357 e. The number of aliphatic imine (C=N–C) groups is 1. The van der Waals surface area contributed by atoms with E-state index in [0.29, 0.717) is 30.2 Å². The fourth-order valence-electron chi connectivity index (χ4n) is 2.17. The molecule has 0 atom stereocenters. The third kappa shape index (κ3) is 4.77. The van der Waals surface area contributed by atoms with Gasteiger partial charge >= 0.3 is 0 Å². The molecule has 0 unspecified atom stereocenters. The first-order valence-corrected chi connectivity index (χ1v) is 8.48. The van der Waals surface area contributed by atoms with Gasteiger partial charge in [-0.1, -0.05) is 0 Å². The molecule has 0 saturated heterocycles. The van der Waals surface area contributed by atoms with Crippen LogP contribution in [0.5, 0.6) is 0 Å². The van der Waals surface area contributed by atoms with E-state index in [0.717, 1.165) is 15.6 Å². The smallest absolute Gasteiger partial charge is 0.191 e. The van der Waals surface area contributed by atoms with Gasteiger partial charge in [-0.15, -0.1) is 11.3 Å². The van der Waals surface area contributed by atoms with E-state index >= 15 is 0 Å². The van der Waals surface area contributed by atoms with Crippen molar-refractivity contribution < 1.29 is 4.39 Å². The molecule has 2 aromatic rings. The van der Waals surface area contributed by atoms with Gasteiger partial charge in [0.1, 0.15) is 5.82 Å². The predicted octanol–water partition coefficient (Wildman–Crippen LogP) is 3.03. The highest BCUT2D eigenvalue weighted by Crippen LogP contribution is 2.16. The van der Waals surface area contributed by atoms with Gasteiger partial charge in [0.05, 0.1) is 35.4 Å². The zero-order valence-electron chi connectivity index (χ0n) is 14.0. The minimum absolute atomic E-state index is 0.164. The van der Waals surface area contributed by atoms with E-state index in [1.165, 1.54) is 18.2 Å². The highest BCUT2D eigenvalue weighted by atomic mass is 32.1. The summed E-state index contributed by atoms with van der Waals surface area (Å²) in [6.45, 7) is 7.41. The topological polar surface area (TPSA) is 73.1 Å². The van der Waals surface area contributed by atoms with Gasteiger partial charge in [0.2, 0.25) is 0 Å². The Morgan fingerprint density at radius 2 is 2.17 bits per heavy atom. The lowest BCUT2D eigenvalue weighted by atomic mass is 10.1. The predicted molar refractivity (Wildman–Crippen MR) is 94.4 cm³/mol. The van der Waals surface area contributed by atoms with Crippen LogP contribution in [-0.2, 0) is 13.1 Å². The molecule has 0 aliphatic carbocycles. The number of nitriles is 1. The number of guanidine groups is 1. The molecule has 5 nitrogen and oxygen atoms in total. The number of hydrogen-bond donors (Lipinski definition) is 2. The van der Waals surface area contributed by atoms with E-state index < -0.39 is 0 Å². The van der Waals surface area contributed by atoms with Gasteiger partial charge in [0.25, 0.3) is 0 Å². The minimum atomic E-state index is -0.359. The van der Waals surface area contributed by atoms with Crippen molar-refractivity contribution in [2.24, 2.45) is 4.99 Å². The molecule has 2 rings (SSSR count). The van der Waals surface area contributed by atoms with E-state index in [1.807, 2.05) is 26.8 Å². The molecule has 0 aliphatic rings. The summed E-state index contributed by atoms with van der Waals surface area (Å²) in [7, 11) is 0. The van der Waals surface area contributed by atoms with Gasteiger partial charge in [-0.3, -0.25) is 0 Å². The summed E-state index contributed by atoms with van der Waals surface area (Å²) >= 11 is 1.64. The molecular formula is C17H20FN5S. The highest BCUT2D eigenvalue weighted by molar-refractivity contribution is 7.11. The molecule has 0 aliphatic heterocycles. The van der Waals surface area contributed by atoms with Crippen LogP contribution in [0.2, 0.25) is 0 Å². The Morgan fingerprint density at radius 3 is 2.79 bits per heavy atom. The number of hydrogen-bond acceptors (Lipinski definition) is 4. The van der Waals surface area contributed by atoms with Crippen molar-refractivity contribution in [3.05, 3.63) is 50.7 Å². The average molecular weight is 345 g/mol. The lowest BCUT2D eigenvalue weighted by Gasteiger charge is -2.11. The SMILES string of the molecule is CCNC(=NCc1cc(C#N)ccc1F)NCc1sc(C)nc1C. The Kier molecular flexibility index (Phi) is 6.27. The van der Waals surface area contributed by atoms with E-state index in [1.54, 1.807) is 11.3 Å². The molecule has 7 heteroatoms. The largest absolute Gasteiger partial charge is 0.357 e. The van der Waals surface area contributed by atoms with Crippen molar-refractivity contribution in [2.75, 3.05) is 6.54 Å². The molecule has 1 aromatic carbocycles. The molecule has 0 radical (unpaired) electrons. The Hall–Kier alpha value is -2.46. The van der Waals surface area contributed by atoms with Crippen LogP contribution in [0.4, 0.5) is 4.39 Å². The quantitative estimate of drug-likeness (QED) is 0.645. The first-order chi connectivity index (χ1) is 11.5. The number of aryl methyl sites for hydroxylation is 2. The fourth-order valence-corrected chi connectivity index (χ4v) is 3.05. The molecule has 0 bridgehead atoms.